The molecule has 1 atom stereocenters. The molecular weight excluding hydrogens is 448 g/mol. The van der Waals surface area contributed by atoms with Crippen LogP contribution in [0.4, 0.5) is 5.69 Å². The van der Waals surface area contributed by atoms with Crippen LogP contribution in [0.3, 0.4) is 0 Å². The van der Waals surface area contributed by atoms with Crippen LogP contribution in [0.25, 0.3) is 10.9 Å². The molecule has 1 aliphatic rings. The van der Waals surface area contributed by atoms with Crippen molar-refractivity contribution in [3.05, 3.63) is 110 Å². The zero-order valence-electron chi connectivity index (χ0n) is 19.1. The molecule has 0 aliphatic carbocycles. The lowest BCUT2D eigenvalue weighted by Gasteiger charge is -2.31. The number of hydrogen-bond acceptors (Lipinski definition) is 4. The molecule has 4 aromatic rings. The van der Waals surface area contributed by atoms with Crippen LogP contribution in [0.2, 0.25) is 5.02 Å². The van der Waals surface area contributed by atoms with Gasteiger partial charge in [-0.3, -0.25) is 13.9 Å². The maximum absolute atomic E-state index is 14.0. The minimum atomic E-state index is -0.417. The number of hydrogen-bond donors (Lipinski definition) is 1. The third-order valence-corrected chi connectivity index (χ3v) is 6.75. The van der Waals surface area contributed by atoms with E-state index in [1.807, 2.05) is 73.7 Å². The number of nitrogens with zero attached hydrogens (tertiary/aromatic N) is 3. The van der Waals surface area contributed by atoms with Gasteiger partial charge in [0, 0.05) is 31.2 Å². The number of anilines is 1. The normalized spacial score (nSPS) is 14.9. The van der Waals surface area contributed by atoms with Crippen molar-refractivity contribution < 1.29 is 0 Å². The fourth-order valence-corrected chi connectivity index (χ4v) is 4.95. The molecule has 0 unspecified atom stereocenters. The number of rotatable bonds is 5. The summed E-state index contributed by atoms with van der Waals surface area (Å²) in [5, 5.41) is 4.39. The third-order valence-electron chi connectivity index (χ3n) is 6.53. The molecular formula is C27H27ClN4O2. The summed E-state index contributed by atoms with van der Waals surface area (Å²) in [6, 6.07) is 22.7. The molecule has 1 N–H and O–H groups in total. The molecule has 1 aliphatic heterocycles. The van der Waals surface area contributed by atoms with Gasteiger partial charge in [-0.25, -0.2) is 4.79 Å². The van der Waals surface area contributed by atoms with E-state index >= 15 is 0 Å². The van der Waals surface area contributed by atoms with E-state index in [1.165, 1.54) is 4.57 Å². The summed E-state index contributed by atoms with van der Waals surface area (Å²) in [5.41, 5.74) is 2.61. The predicted octanol–water partition coefficient (Wildman–Crippen LogP) is 3.88. The van der Waals surface area contributed by atoms with E-state index in [0.29, 0.717) is 22.5 Å². The maximum Gasteiger partial charge on any atom is 0.332 e. The molecule has 6 nitrogen and oxygen atoms in total. The first kappa shape index (κ1) is 22.4. The Morgan fingerprint density at radius 3 is 2.26 bits per heavy atom. The zero-order valence-corrected chi connectivity index (χ0v) is 19.8. The van der Waals surface area contributed by atoms with Gasteiger partial charge in [-0.2, -0.15) is 0 Å². The molecule has 7 heteroatoms. The summed E-state index contributed by atoms with van der Waals surface area (Å²) in [5.74, 6) is 0. The van der Waals surface area contributed by atoms with Crippen LogP contribution in [0.5, 0.6) is 0 Å². The first-order chi connectivity index (χ1) is 16.5. The number of fused-ring (bicyclic) bond motifs is 1. The second-order valence-corrected chi connectivity index (χ2v) is 9.11. The van der Waals surface area contributed by atoms with Crippen molar-refractivity contribution in [3.8, 4) is 0 Å². The van der Waals surface area contributed by atoms with Gasteiger partial charge in [-0.1, -0.05) is 72.3 Å². The van der Waals surface area contributed by atoms with E-state index in [9.17, 15) is 9.59 Å². The largest absolute Gasteiger partial charge is 0.368 e. The van der Waals surface area contributed by atoms with E-state index in [1.54, 1.807) is 10.6 Å². The predicted molar refractivity (Wildman–Crippen MR) is 138 cm³/mol. The molecule has 0 saturated carbocycles. The molecule has 1 saturated heterocycles. The summed E-state index contributed by atoms with van der Waals surface area (Å²) < 4.78 is 3.07. The topological polar surface area (TPSA) is 59.3 Å². The Labute approximate surface area is 203 Å². The van der Waals surface area contributed by atoms with Crippen LogP contribution in [0.15, 0.2) is 82.4 Å². The lowest BCUT2D eigenvalue weighted by atomic mass is 10.1. The summed E-state index contributed by atoms with van der Waals surface area (Å²) in [6.45, 7) is 5.43. The zero-order chi connectivity index (χ0) is 23.7. The molecule has 1 aromatic heterocycles. The van der Waals surface area contributed by atoms with E-state index in [2.05, 4.69) is 10.2 Å². The minimum absolute atomic E-state index is 0.286. The van der Waals surface area contributed by atoms with E-state index in [-0.39, 0.29) is 11.2 Å². The van der Waals surface area contributed by atoms with Crippen molar-refractivity contribution in [1.82, 2.24) is 14.5 Å². The van der Waals surface area contributed by atoms with Gasteiger partial charge in [0.15, 0.2) is 0 Å². The number of nitrogens with one attached hydrogen (secondary N) is 1. The summed E-state index contributed by atoms with van der Waals surface area (Å²) in [7, 11) is 0. The Kier molecular flexibility index (Phi) is 6.26. The van der Waals surface area contributed by atoms with E-state index in [4.69, 9.17) is 11.6 Å². The van der Waals surface area contributed by atoms with Gasteiger partial charge >= 0.3 is 5.69 Å². The van der Waals surface area contributed by atoms with Gasteiger partial charge in [0.05, 0.1) is 29.2 Å². The van der Waals surface area contributed by atoms with Gasteiger partial charge in [-0.15, -0.1) is 0 Å². The fourth-order valence-electron chi connectivity index (χ4n) is 4.75. The van der Waals surface area contributed by atoms with Gasteiger partial charge in [0.2, 0.25) is 0 Å². The highest BCUT2D eigenvalue weighted by atomic mass is 35.5. The van der Waals surface area contributed by atoms with E-state index in [0.717, 1.165) is 43.0 Å². The minimum Gasteiger partial charge on any atom is -0.368 e. The lowest BCUT2D eigenvalue weighted by molar-refractivity contribution is 0.549. The Morgan fingerprint density at radius 1 is 0.941 bits per heavy atom. The van der Waals surface area contributed by atoms with Gasteiger partial charge in [0.25, 0.3) is 5.56 Å². The molecule has 1 fully saturated rings. The molecule has 34 heavy (non-hydrogen) atoms. The van der Waals surface area contributed by atoms with E-state index < -0.39 is 6.04 Å². The van der Waals surface area contributed by atoms with Crippen molar-refractivity contribution in [3.63, 3.8) is 0 Å². The van der Waals surface area contributed by atoms with Crippen molar-refractivity contribution >= 4 is 28.2 Å². The third kappa shape index (κ3) is 4.15. The van der Waals surface area contributed by atoms with Gasteiger partial charge in [-0.05, 0) is 30.2 Å². The van der Waals surface area contributed by atoms with Crippen LogP contribution in [-0.2, 0) is 6.54 Å². The summed E-state index contributed by atoms with van der Waals surface area (Å²) in [6.07, 6.45) is 0. The maximum atomic E-state index is 14.0. The SMILES string of the molecule is C[C@@H](c1ccccc1)n1c(=O)c2c(N3CCNCC3)cc(Cl)cc2n(Cc2ccccc2)c1=O. The average molecular weight is 475 g/mol. The first-order valence-electron chi connectivity index (χ1n) is 11.6. The number of piperazine rings is 1. The Morgan fingerprint density at radius 2 is 1.59 bits per heavy atom. The monoisotopic (exact) mass is 474 g/mol. The van der Waals surface area contributed by atoms with Crippen molar-refractivity contribution in [1.29, 1.82) is 0 Å². The Balaban J connectivity index is 1.82. The molecule has 0 bridgehead atoms. The highest BCUT2D eigenvalue weighted by Crippen LogP contribution is 2.29. The number of halogens is 1. The molecule has 174 valence electrons. The molecule has 2 heterocycles. The molecule has 0 radical (unpaired) electrons. The smallest absolute Gasteiger partial charge is 0.332 e. The van der Waals surface area contributed by atoms with Crippen LogP contribution in [-0.4, -0.2) is 35.3 Å². The first-order valence-corrected chi connectivity index (χ1v) is 12.0. The van der Waals surface area contributed by atoms with Gasteiger partial charge in [0.1, 0.15) is 0 Å². The summed E-state index contributed by atoms with van der Waals surface area (Å²) >= 11 is 6.55. The standard InChI is InChI=1S/C27H27ClN4O2/c1-19(21-10-6-3-7-11-21)32-26(33)25-23(30-14-12-29-13-15-30)16-22(28)17-24(25)31(27(32)34)18-20-8-4-2-5-9-20/h2-11,16-17,19,29H,12-15,18H2,1H3/t19-/m0/s1. The second-order valence-electron chi connectivity index (χ2n) is 8.67. The highest BCUT2D eigenvalue weighted by Gasteiger charge is 2.24. The van der Waals surface area contributed by atoms with Crippen molar-refractivity contribution in [2.75, 3.05) is 31.1 Å². The van der Waals surface area contributed by atoms with Crippen LogP contribution in [0.1, 0.15) is 24.1 Å². The van der Waals surface area contributed by atoms with Gasteiger partial charge < -0.3 is 10.2 Å². The number of aromatic nitrogens is 2. The molecule has 0 amide bonds. The van der Waals surface area contributed by atoms with Crippen LogP contribution < -0.4 is 21.5 Å². The highest BCUT2D eigenvalue weighted by molar-refractivity contribution is 6.31. The fraction of sp³-hybridized carbons (Fsp3) is 0.259. The average Bonchev–Trinajstić information content (AvgIpc) is 2.87. The molecule has 0 spiro atoms. The van der Waals surface area contributed by atoms with Crippen LogP contribution >= 0.6 is 11.6 Å². The molecule has 5 rings (SSSR count). The van der Waals surface area contributed by atoms with Crippen molar-refractivity contribution in [2.24, 2.45) is 0 Å². The number of benzene rings is 3. The quantitative estimate of drug-likeness (QED) is 0.477. The second kappa shape index (κ2) is 9.49. The van der Waals surface area contributed by atoms with Crippen molar-refractivity contribution in [2.45, 2.75) is 19.5 Å². The van der Waals surface area contributed by atoms with Crippen LogP contribution in [0, 0.1) is 0 Å². The lowest BCUT2D eigenvalue weighted by Crippen LogP contribution is -2.45. The Hall–Kier alpha value is -3.35. The Bertz CT molecular complexity index is 1420. The summed E-state index contributed by atoms with van der Waals surface area (Å²) in [4.78, 5) is 30.1. The molecule has 3 aromatic carbocycles.